The van der Waals surface area contributed by atoms with Crippen LogP contribution in [0.15, 0.2) is 60.8 Å². The fourth-order valence-corrected chi connectivity index (χ4v) is 4.89. The van der Waals surface area contributed by atoms with Crippen molar-refractivity contribution in [3.63, 3.8) is 0 Å². The number of aromatic nitrogens is 1. The second kappa shape index (κ2) is 8.36. The fourth-order valence-electron chi connectivity index (χ4n) is 3.50. The molecular formula is C23H20FN3O5S. The van der Waals surface area contributed by atoms with Crippen molar-refractivity contribution >= 4 is 21.8 Å². The maximum absolute atomic E-state index is 15.0. The van der Waals surface area contributed by atoms with Crippen LogP contribution in [0.1, 0.15) is 24.0 Å². The number of hydrogen-bond acceptors (Lipinski definition) is 6. The molecule has 3 aromatic rings. The molecular weight excluding hydrogens is 449 g/mol. The number of nitrogens with zero attached hydrogens (tertiary/aromatic N) is 2. The van der Waals surface area contributed by atoms with Crippen molar-refractivity contribution < 1.29 is 27.1 Å². The van der Waals surface area contributed by atoms with Crippen LogP contribution < -0.4 is 14.2 Å². The van der Waals surface area contributed by atoms with Gasteiger partial charge in [0.15, 0.2) is 5.82 Å². The SMILES string of the molecule is O=C1Oc2cc(Oc3ccccn3)ccc2CN1Cc1cccc(NS(=O)(=O)C2CC2)c1F. The summed E-state index contributed by atoms with van der Waals surface area (Å²) in [6.45, 7) is 0.130. The molecule has 5 rings (SSSR count). The Kier molecular flexibility index (Phi) is 5.37. The Balaban J connectivity index is 1.31. The highest BCUT2D eigenvalue weighted by Gasteiger charge is 2.36. The van der Waals surface area contributed by atoms with Gasteiger partial charge in [-0.15, -0.1) is 0 Å². The Bertz CT molecular complexity index is 1310. The molecule has 0 saturated heterocycles. The van der Waals surface area contributed by atoms with E-state index in [9.17, 15) is 17.6 Å². The Hall–Kier alpha value is -3.66. The monoisotopic (exact) mass is 469 g/mol. The van der Waals surface area contributed by atoms with Crippen LogP contribution in [0.3, 0.4) is 0 Å². The lowest BCUT2D eigenvalue weighted by molar-refractivity contribution is 0.134. The number of rotatable bonds is 7. The minimum Gasteiger partial charge on any atom is -0.439 e. The minimum absolute atomic E-state index is 0.0741. The van der Waals surface area contributed by atoms with Gasteiger partial charge in [-0.2, -0.15) is 0 Å². The highest BCUT2D eigenvalue weighted by atomic mass is 32.2. The number of nitrogens with one attached hydrogen (secondary N) is 1. The molecule has 2 aliphatic rings. The van der Waals surface area contributed by atoms with Crippen molar-refractivity contribution in [2.45, 2.75) is 31.2 Å². The number of hydrogen-bond donors (Lipinski definition) is 1. The third kappa shape index (κ3) is 4.61. The first-order valence-corrected chi connectivity index (χ1v) is 11.9. The number of sulfonamides is 1. The van der Waals surface area contributed by atoms with E-state index in [1.54, 1.807) is 48.7 Å². The van der Waals surface area contributed by atoms with Gasteiger partial charge in [0.1, 0.15) is 11.5 Å². The van der Waals surface area contributed by atoms with E-state index in [4.69, 9.17) is 9.47 Å². The average Bonchev–Trinajstić information content (AvgIpc) is 3.64. The Labute approximate surface area is 190 Å². The molecule has 0 radical (unpaired) electrons. The van der Waals surface area contributed by atoms with Crippen molar-refractivity contribution in [2.75, 3.05) is 4.72 Å². The van der Waals surface area contributed by atoms with Gasteiger partial charge in [-0.1, -0.05) is 18.2 Å². The summed E-state index contributed by atoms with van der Waals surface area (Å²) in [6, 6.07) is 14.8. The first kappa shape index (κ1) is 21.2. The van der Waals surface area contributed by atoms with Crippen LogP contribution in [0.4, 0.5) is 14.9 Å². The van der Waals surface area contributed by atoms with E-state index in [1.165, 1.54) is 17.0 Å². The molecule has 2 aromatic carbocycles. The van der Waals surface area contributed by atoms with Gasteiger partial charge in [0.05, 0.1) is 24.0 Å². The molecule has 0 atom stereocenters. The molecule has 33 heavy (non-hydrogen) atoms. The van der Waals surface area contributed by atoms with Crippen LogP contribution in [0, 0.1) is 5.82 Å². The fraction of sp³-hybridized carbons (Fsp3) is 0.217. The number of carbonyl (C=O) groups is 1. The van der Waals surface area contributed by atoms with Gasteiger partial charge < -0.3 is 9.47 Å². The third-order valence-corrected chi connectivity index (χ3v) is 7.22. The Morgan fingerprint density at radius 3 is 2.76 bits per heavy atom. The zero-order valence-corrected chi connectivity index (χ0v) is 18.2. The summed E-state index contributed by atoms with van der Waals surface area (Å²) in [5.74, 6) is 0.528. The Morgan fingerprint density at radius 1 is 1.15 bits per heavy atom. The second-order valence-electron chi connectivity index (χ2n) is 7.89. The van der Waals surface area contributed by atoms with Crippen LogP contribution in [-0.2, 0) is 23.1 Å². The summed E-state index contributed by atoms with van der Waals surface area (Å²) < 4.78 is 52.8. The van der Waals surface area contributed by atoms with Crippen LogP contribution in [0.25, 0.3) is 0 Å². The van der Waals surface area contributed by atoms with Crippen molar-refractivity contribution in [3.8, 4) is 17.4 Å². The molecule has 170 valence electrons. The molecule has 1 aliphatic carbocycles. The van der Waals surface area contributed by atoms with Crippen LogP contribution in [-0.4, -0.2) is 29.6 Å². The third-order valence-electron chi connectivity index (χ3n) is 5.37. The summed E-state index contributed by atoms with van der Waals surface area (Å²) in [4.78, 5) is 18.0. The van der Waals surface area contributed by atoms with E-state index in [1.807, 2.05) is 0 Å². The zero-order chi connectivity index (χ0) is 23.0. The smallest absolute Gasteiger partial charge is 0.415 e. The zero-order valence-electron chi connectivity index (χ0n) is 17.4. The lowest BCUT2D eigenvalue weighted by atomic mass is 10.1. The van der Waals surface area contributed by atoms with Gasteiger partial charge in [0.25, 0.3) is 0 Å². The van der Waals surface area contributed by atoms with Gasteiger partial charge in [-0.05, 0) is 37.1 Å². The highest BCUT2D eigenvalue weighted by Crippen LogP contribution is 2.34. The molecule has 0 unspecified atom stereocenters. The Morgan fingerprint density at radius 2 is 2.00 bits per heavy atom. The number of anilines is 1. The van der Waals surface area contributed by atoms with E-state index >= 15 is 0 Å². The standard InChI is InChI=1S/C23H20FN3O5S/c24-22-16(4-3-5-19(22)26-33(29,30)18-9-10-18)14-27-13-15-7-8-17(12-20(15)32-23(27)28)31-21-6-1-2-11-25-21/h1-8,11-12,18,26H,9-10,13-14H2. The minimum atomic E-state index is -3.60. The summed E-state index contributed by atoms with van der Waals surface area (Å²) in [5, 5.41) is -0.472. The topological polar surface area (TPSA) is 97.8 Å². The summed E-state index contributed by atoms with van der Waals surface area (Å²) >= 11 is 0. The van der Waals surface area contributed by atoms with E-state index in [0.717, 1.165) is 5.56 Å². The number of halogens is 1. The molecule has 2 heterocycles. The molecule has 8 nitrogen and oxygen atoms in total. The molecule has 1 amide bonds. The van der Waals surface area contributed by atoms with E-state index < -0.39 is 27.2 Å². The van der Waals surface area contributed by atoms with Crippen molar-refractivity contribution in [1.82, 2.24) is 9.88 Å². The van der Waals surface area contributed by atoms with Gasteiger partial charge >= 0.3 is 6.09 Å². The maximum atomic E-state index is 15.0. The van der Waals surface area contributed by atoms with Crippen molar-refractivity contribution in [2.24, 2.45) is 0 Å². The molecule has 0 spiro atoms. The number of fused-ring (bicyclic) bond motifs is 1. The maximum Gasteiger partial charge on any atom is 0.415 e. The first-order chi connectivity index (χ1) is 15.9. The molecule has 1 saturated carbocycles. The number of carbonyl (C=O) groups excluding carboxylic acids is 1. The normalized spacial score (nSPS) is 15.5. The quantitative estimate of drug-likeness (QED) is 0.550. The van der Waals surface area contributed by atoms with Crippen LogP contribution >= 0.6 is 0 Å². The van der Waals surface area contributed by atoms with Crippen molar-refractivity contribution in [3.05, 3.63) is 77.7 Å². The summed E-state index contributed by atoms with van der Waals surface area (Å²) in [5.41, 5.74) is 0.789. The van der Waals surface area contributed by atoms with E-state index in [0.29, 0.717) is 30.2 Å². The molecule has 0 bridgehead atoms. The average molecular weight is 469 g/mol. The molecule has 10 heteroatoms. The number of amides is 1. The van der Waals surface area contributed by atoms with E-state index in [2.05, 4.69) is 9.71 Å². The van der Waals surface area contributed by atoms with E-state index in [-0.39, 0.29) is 24.3 Å². The largest absolute Gasteiger partial charge is 0.439 e. The number of benzene rings is 2. The molecule has 1 fully saturated rings. The first-order valence-electron chi connectivity index (χ1n) is 10.4. The van der Waals surface area contributed by atoms with Gasteiger partial charge in [0.2, 0.25) is 15.9 Å². The predicted octanol–water partition coefficient (Wildman–Crippen LogP) is 4.43. The van der Waals surface area contributed by atoms with Crippen molar-refractivity contribution in [1.29, 1.82) is 0 Å². The number of ether oxygens (including phenoxy) is 2. The molecule has 1 aromatic heterocycles. The van der Waals surface area contributed by atoms with Gasteiger partial charge in [0, 0.05) is 29.5 Å². The molecule has 1 N–H and O–H groups in total. The van der Waals surface area contributed by atoms with Gasteiger partial charge in [-0.3, -0.25) is 9.62 Å². The summed E-state index contributed by atoms with van der Waals surface area (Å²) in [6.07, 6.45) is 2.12. The van der Waals surface area contributed by atoms with Crippen LogP contribution in [0.5, 0.6) is 17.4 Å². The molecule has 1 aliphatic heterocycles. The highest BCUT2D eigenvalue weighted by molar-refractivity contribution is 7.93. The lowest BCUT2D eigenvalue weighted by Gasteiger charge is -2.28. The predicted molar refractivity (Wildman–Crippen MR) is 118 cm³/mol. The van der Waals surface area contributed by atoms with Crippen LogP contribution in [0.2, 0.25) is 0 Å². The second-order valence-corrected chi connectivity index (χ2v) is 9.85. The lowest BCUT2D eigenvalue weighted by Crippen LogP contribution is -2.36. The number of pyridine rings is 1. The summed E-state index contributed by atoms with van der Waals surface area (Å²) in [7, 11) is -3.60. The van der Waals surface area contributed by atoms with Gasteiger partial charge in [-0.25, -0.2) is 22.6 Å².